The summed E-state index contributed by atoms with van der Waals surface area (Å²) in [5.74, 6) is -0.407. The van der Waals surface area contributed by atoms with Crippen LogP contribution in [0.2, 0.25) is 0 Å². The predicted octanol–water partition coefficient (Wildman–Crippen LogP) is 2.21. The number of nitrogens with zero attached hydrogens (tertiary/aromatic N) is 2. The summed E-state index contributed by atoms with van der Waals surface area (Å²) in [5.41, 5.74) is 3.24. The number of rotatable bonds is 12. The highest BCUT2D eigenvalue weighted by Crippen LogP contribution is 2.17. The van der Waals surface area contributed by atoms with Gasteiger partial charge >= 0.3 is 12.1 Å². The van der Waals surface area contributed by atoms with E-state index in [-0.39, 0.29) is 25.8 Å². The van der Waals surface area contributed by atoms with Crippen molar-refractivity contribution in [3.63, 3.8) is 0 Å². The minimum Gasteiger partial charge on any atom is -0.445 e. The summed E-state index contributed by atoms with van der Waals surface area (Å²) in [5, 5.41) is 3.85. The number of nitrogens with one attached hydrogen (secondary N) is 2. The van der Waals surface area contributed by atoms with Crippen molar-refractivity contribution in [2.75, 3.05) is 32.8 Å². The largest absolute Gasteiger partial charge is 0.445 e. The molecule has 0 aliphatic carbocycles. The number of carbonyl (C=O) groups excluding carboxylic acids is 3. The fourth-order valence-corrected chi connectivity index (χ4v) is 3.00. The van der Waals surface area contributed by atoms with Gasteiger partial charge in [0.05, 0.1) is 19.8 Å². The predicted molar refractivity (Wildman–Crippen MR) is 112 cm³/mol. The Balaban J connectivity index is 1.64. The van der Waals surface area contributed by atoms with Crippen LogP contribution in [0.4, 0.5) is 9.59 Å². The summed E-state index contributed by atoms with van der Waals surface area (Å²) in [4.78, 5) is 48.7. The molecule has 1 aromatic rings. The second kappa shape index (κ2) is 13.5. The molecule has 0 bridgehead atoms. The highest BCUT2D eigenvalue weighted by atomic mass is 16.7. The van der Waals surface area contributed by atoms with E-state index in [0.29, 0.717) is 26.1 Å². The van der Waals surface area contributed by atoms with Gasteiger partial charge in [-0.15, -0.1) is 0 Å². The maximum Gasteiger partial charge on any atom is 0.407 e. The molecule has 0 aromatic heterocycles. The van der Waals surface area contributed by atoms with E-state index in [1.54, 1.807) is 6.92 Å². The Labute approximate surface area is 182 Å². The number of hydroxylamine groups is 3. The van der Waals surface area contributed by atoms with Crippen LogP contribution in [0, 0.1) is 0 Å². The second-order valence-electron chi connectivity index (χ2n) is 6.97. The first-order chi connectivity index (χ1) is 15.1. The Morgan fingerprint density at radius 2 is 1.94 bits per heavy atom. The van der Waals surface area contributed by atoms with Gasteiger partial charge < -0.3 is 15.0 Å². The molecule has 0 saturated carbocycles. The lowest BCUT2D eigenvalue weighted by Crippen LogP contribution is -2.59. The molecule has 1 atom stereocenters. The van der Waals surface area contributed by atoms with Gasteiger partial charge in [0.15, 0.2) is 0 Å². The van der Waals surface area contributed by atoms with Crippen LogP contribution >= 0.6 is 0 Å². The normalized spacial score (nSPS) is 16.2. The number of benzene rings is 1. The molecule has 2 N–H and O–H groups in total. The molecule has 1 fully saturated rings. The molecule has 10 heteroatoms. The van der Waals surface area contributed by atoms with Gasteiger partial charge in [0.1, 0.15) is 12.6 Å². The average Bonchev–Trinajstić information content (AvgIpc) is 2.79. The summed E-state index contributed by atoms with van der Waals surface area (Å²) in [7, 11) is 0. The first-order valence-corrected chi connectivity index (χ1v) is 10.6. The van der Waals surface area contributed by atoms with Gasteiger partial charge in [-0.2, -0.15) is 0 Å². The van der Waals surface area contributed by atoms with Crippen molar-refractivity contribution in [1.82, 2.24) is 20.8 Å². The van der Waals surface area contributed by atoms with Crippen LogP contribution in [-0.4, -0.2) is 66.9 Å². The molecule has 31 heavy (non-hydrogen) atoms. The fraction of sp³-hybridized carbons (Fsp3) is 0.571. The molecule has 0 unspecified atom stereocenters. The summed E-state index contributed by atoms with van der Waals surface area (Å²) >= 11 is 0. The van der Waals surface area contributed by atoms with E-state index in [1.807, 2.05) is 37.3 Å². The SMILES string of the molecule is CCCCON1CC[C@@H](C(=O)NOCCNC(=O)OCc2ccccc2)N(CC)C1=O. The van der Waals surface area contributed by atoms with E-state index in [0.717, 1.165) is 18.4 Å². The molecular formula is C21H32N4O6. The molecule has 1 aromatic carbocycles. The summed E-state index contributed by atoms with van der Waals surface area (Å²) < 4.78 is 5.08. The Morgan fingerprint density at radius 1 is 1.16 bits per heavy atom. The molecule has 10 nitrogen and oxygen atoms in total. The Hall–Kier alpha value is -2.85. The lowest BCUT2D eigenvalue weighted by Gasteiger charge is -2.39. The van der Waals surface area contributed by atoms with Crippen molar-refractivity contribution in [3.05, 3.63) is 35.9 Å². The zero-order chi connectivity index (χ0) is 22.5. The van der Waals surface area contributed by atoms with Crippen LogP contribution in [0.3, 0.4) is 0 Å². The number of urea groups is 1. The zero-order valence-corrected chi connectivity index (χ0v) is 18.2. The third-order valence-corrected chi connectivity index (χ3v) is 4.69. The topological polar surface area (TPSA) is 109 Å². The third kappa shape index (κ3) is 8.06. The van der Waals surface area contributed by atoms with Crippen molar-refractivity contribution in [1.29, 1.82) is 0 Å². The number of ether oxygens (including phenoxy) is 1. The van der Waals surface area contributed by atoms with Crippen molar-refractivity contribution in [2.45, 2.75) is 45.8 Å². The first-order valence-electron chi connectivity index (χ1n) is 10.6. The van der Waals surface area contributed by atoms with Crippen LogP contribution in [0.15, 0.2) is 30.3 Å². The summed E-state index contributed by atoms with van der Waals surface area (Å²) in [6.07, 6.45) is 1.70. The molecule has 0 radical (unpaired) electrons. The summed E-state index contributed by atoms with van der Waals surface area (Å²) in [6, 6.07) is 8.37. The maximum atomic E-state index is 12.5. The van der Waals surface area contributed by atoms with Crippen molar-refractivity contribution < 1.29 is 28.8 Å². The second-order valence-corrected chi connectivity index (χ2v) is 6.97. The lowest BCUT2D eigenvalue weighted by molar-refractivity contribution is -0.156. The molecule has 172 valence electrons. The maximum absolute atomic E-state index is 12.5. The number of likely N-dealkylation sites (N-methyl/N-ethyl adjacent to an activating group) is 1. The molecule has 1 heterocycles. The van der Waals surface area contributed by atoms with Gasteiger partial charge in [0.25, 0.3) is 5.91 Å². The smallest absolute Gasteiger partial charge is 0.407 e. The lowest BCUT2D eigenvalue weighted by atomic mass is 10.1. The molecule has 4 amide bonds. The van der Waals surface area contributed by atoms with Crippen LogP contribution in [-0.2, 0) is 25.8 Å². The van der Waals surface area contributed by atoms with Crippen LogP contribution in [0.25, 0.3) is 0 Å². The van der Waals surface area contributed by atoms with E-state index in [4.69, 9.17) is 14.4 Å². The number of hydrogen-bond acceptors (Lipinski definition) is 6. The monoisotopic (exact) mass is 436 g/mol. The van der Waals surface area contributed by atoms with Gasteiger partial charge in [-0.3, -0.25) is 14.5 Å². The number of carbonyl (C=O) groups is 3. The third-order valence-electron chi connectivity index (χ3n) is 4.69. The molecule has 2 rings (SSSR count). The quantitative estimate of drug-likeness (QED) is 0.384. The van der Waals surface area contributed by atoms with Crippen LogP contribution in [0.5, 0.6) is 0 Å². The fourth-order valence-electron chi connectivity index (χ4n) is 3.00. The minimum atomic E-state index is -0.632. The Morgan fingerprint density at radius 3 is 2.65 bits per heavy atom. The van der Waals surface area contributed by atoms with Gasteiger partial charge in [0, 0.05) is 13.1 Å². The summed E-state index contributed by atoms with van der Waals surface area (Å²) in [6.45, 7) is 5.43. The van der Waals surface area contributed by atoms with Gasteiger partial charge in [-0.05, 0) is 25.3 Å². The highest BCUT2D eigenvalue weighted by molar-refractivity contribution is 5.87. The zero-order valence-electron chi connectivity index (χ0n) is 18.2. The van der Waals surface area contributed by atoms with Gasteiger partial charge in [-0.1, -0.05) is 43.7 Å². The first kappa shape index (κ1) is 24.4. The number of alkyl carbamates (subject to hydrolysis) is 1. The van der Waals surface area contributed by atoms with Crippen molar-refractivity contribution >= 4 is 18.0 Å². The average molecular weight is 437 g/mol. The molecule has 1 aliphatic rings. The van der Waals surface area contributed by atoms with Gasteiger partial charge in [-0.25, -0.2) is 20.1 Å². The molecular weight excluding hydrogens is 404 g/mol. The number of amides is 4. The van der Waals surface area contributed by atoms with Crippen LogP contribution in [0.1, 0.15) is 38.7 Å². The minimum absolute atomic E-state index is 0.0607. The van der Waals surface area contributed by atoms with Crippen molar-refractivity contribution in [2.24, 2.45) is 0 Å². The van der Waals surface area contributed by atoms with E-state index < -0.39 is 18.0 Å². The van der Waals surface area contributed by atoms with Crippen LogP contribution < -0.4 is 10.8 Å². The molecule has 0 spiro atoms. The van der Waals surface area contributed by atoms with E-state index in [1.165, 1.54) is 9.96 Å². The van der Waals surface area contributed by atoms with E-state index in [9.17, 15) is 14.4 Å². The Bertz CT molecular complexity index is 702. The Kier molecular flexibility index (Phi) is 10.6. The van der Waals surface area contributed by atoms with Gasteiger partial charge in [0.2, 0.25) is 0 Å². The highest BCUT2D eigenvalue weighted by Gasteiger charge is 2.37. The molecule has 1 saturated heterocycles. The van der Waals surface area contributed by atoms with E-state index in [2.05, 4.69) is 10.8 Å². The van der Waals surface area contributed by atoms with Crippen molar-refractivity contribution in [3.8, 4) is 0 Å². The van der Waals surface area contributed by atoms with E-state index >= 15 is 0 Å². The number of unbranched alkanes of at least 4 members (excludes halogenated alkanes) is 1. The molecule has 1 aliphatic heterocycles. The standard InChI is InChI=1S/C21H32N4O6/c1-3-5-14-31-25-13-11-18(24(4-2)21(25)28)19(26)23-30-15-12-22-20(27)29-16-17-9-7-6-8-10-17/h6-10,18H,3-5,11-16H2,1-2H3,(H,22,27)(H,23,26)/t18-/m0/s1. The number of hydrogen-bond donors (Lipinski definition) is 2.